The van der Waals surface area contributed by atoms with Crippen LogP contribution in [0.15, 0.2) is 54.6 Å². The van der Waals surface area contributed by atoms with Gasteiger partial charge in [0, 0.05) is 30.7 Å². The number of carbonyl (C=O) groups is 2. The maximum Gasteiger partial charge on any atom is 0.251 e. The number of nitrogens with zero attached hydrogens (tertiary/aromatic N) is 1. The number of amides is 2. The molecule has 2 atom stereocenters. The van der Waals surface area contributed by atoms with Gasteiger partial charge in [0.05, 0.1) is 5.92 Å². The van der Waals surface area contributed by atoms with Crippen LogP contribution in [0.25, 0.3) is 0 Å². The highest BCUT2D eigenvalue weighted by atomic mass is 16.2. The number of nitrogens with two attached hydrogens (primary N) is 1. The zero-order chi connectivity index (χ0) is 20.1. The molecule has 1 heterocycles. The SMILES string of the molecule is Cc1ccccc1C(=O)NC1CCN(C(=O)C(C)C(N)c2ccccc2)CC1. The number of piperidine rings is 1. The molecule has 2 aromatic carbocycles. The molecule has 0 radical (unpaired) electrons. The van der Waals surface area contributed by atoms with Crippen molar-refractivity contribution in [2.24, 2.45) is 11.7 Å². The Balaban J connectivity index is 1.52. The Morgan fingerprint density at radius 3 is 2.29 bits per heavy atom. The maximum absolute atomic E-state index is 12.9. The van der Waals surface area contributed by atoms with Crippen LogP contribution in [0.1, 0.15) is 47.3 Å². The van der Waals surface area contributed by atoms with E-state index in [0.29, 0.717) is 18.7 Å². The summed E-state index contributed by atoms with van der Waals surface area (Å²) < 4.78 is 0. The molecule has 3 rings (SSSR count). The average Bonchev–Trinajstić information content (AvgIpc) is 2.73. The van der Waals surface area contributed by atoms with Crippen LogP contribution in [-0.4, -0.2) is 35.8 Å². The molecule has 0 bridgehead atoms. The van der Waals surface area contributed by atoms with Crippen LogP contribution in [0.3, 0.4) is 0 Å². The van der Waals surface area contributed by atoms with Gasteiger partial charge in [0.2, 0.25) is 5.91 Å². The minimum absolute atomic E-state index is 0.0395. The third-order valence-corrected chi connectivity index (χ3v) is 5.64. The second-order valence-electron chi connectivity index (χ2n) is 7.61. The fourth-order valence-electron chi connectivity index (χ4n) is 3.74. The summed E-state index contributed by atoms with van der Waals surface area (Å²) >= 11 is 0. The summed E-state index contributed by atoms with van der Waals surface area (Å²) in [6.07, 6.45) is 1.52. The lowest BCUT2D eigenvalue weighted by Crippen LogP contribution is -2.48. The summed E-state index contributed by atoms with van der Waals surface area (Å²) in [6, 6.07) is 17.1. The van der Waals surface area contributed by atoms with Crippen molar-refractivity contribution < 1.29 is 9.59 Å². The standard InChI is InChI=1S/C23H29N3O2/c1-16-8-6-7-11-20(16)22(27)25-19-12-14-26(15-13-19)23(28)17(2)21(24)18-9-4-3-5-10-18/h3-11,17,19,21H,12-15,24H2,1-2H3,(H,25,27). The lowest BCUT2D eigenvalue weighted by atomic mass is 9.93. The van der Waals surface area contributed by atoms with Crippen molar-refractivity contribution in [2.75, 3.05) is 13.1 Å². The molecule has 3 N–H and O–H groups in total. The Bertz CT molecular complexity index is 814. The highest BCUT2D eigenvalue weighted by molar-refractivity contribution is 5.95. The van der Waals surface area contributed by atoms with E-state index in [4.69, 9.17) is 5.73 Å². The van der Waals surface area contributed by atoms with Crippen molar-refractivity contribution in [3.8, 4) is 0 Å². The number of likely N-dealkylation sites (tertiary alicyclic amines) is 1. The zero-order valence-corrected chi connectivity index (χ0v) is 16.6. The molecule has 0 aromatic heterocycles. The molecule has 1 aliphatic heterocycles. The smallest absolute Gasteiger partial charge is 0.251 e. The average molecular weight is 380 g/mol. The van der Waals surface area contributed by atoms with E-state index in [-0.39, 0.29) is 29.8 Å². The first-order chi connectivity index (χ1) is 13.5. The van der Waals surface area contributed by atoms with Gasteiger partial charge in [-0.2, -0.15) is 0 Å². The van der Waals surface area contributed by atoms with E-state index in [0.717, 1.165) is 24.0 Å². The minimum atomic E-state index is -0.313. The number of hydrogen-bond donors (Lipinski definition) is 2. The Hall–Kier alpha value is -2.66. The van der Waals surface area contributed by atoms with Crippen LogP contribution in [0.5, 0.6) is 0 Å². The Kier molecular flexibility index (Phi) is 6.47. The van der Waals surface area contributed by atoms with E-state index >= 15 is 0 Å². The summed E-state index contributed by atoms with van der Waals surface area (Å²) in [6.45, 7) is 5.12. The molecule has 0 spiro atoms. The summed E-state index contributed by atoms with van der Waals surface area (Å²) in [4.78, 5) is 27.2. The first-order valence-electron chi connectivity index (χ1n) is 9.93. The first-order valence-corrected chi connectivity index (χ1v) is 9.93. The van der Waals surface area contributed by atoms with Gasteiger partial charge >= 0.3 is 0 Å². The molecule has 1 fully saturated rings. The van der Waals surface area contributed by atoms with E-state index < -0.39 is 0 Å². The summed E-state index contributed by atoms with van der Waals surface area (Å²) in [7, 11) is 0. The van der Waals surface area contributed by atoms with Gasteiger partial charge in [0.15, 0.2) is 0 Å². The second-order valence-corrected chi connectivity index (χ2v) is 7.61. The molecule has 0 saturated carbocycles. The van der Waals surface area contributed by atoms with Crippen LogP contribution >= 0.6 is 0 Å². The van der Waals surface area contributed by atoms with Gasteiger partial charge in [-0.05, 0) is 37.0 Å². The molecule has 1 aliphatic rings. The van der Waals surface area contributed by atoms with E-state index in [9.17, 15) is 9.59 Å². The molecule has 2 aromatic rings. The molecular formula is C23H29N3O2. The zero-order valence-electron chi connectivity index (χ0n) is 16.6. The van der Waals surface area contributed by atoms with Gasteiger partial charge in [-0.15, -0.1) is 0 Å². The van der Waals surface area contributed by atoms with Crippen LogP contribution in [0, 0.1) is 12.8 Å². The predicted octanol–water partition coefficient (Wildman–Crippen LogP) is 3.05. The molecule has 5 heteroatoms. The molecule has 5 nitrogen and oxygen atoms in total. The first kappa shape index (κ1) is 20.1. The number of rotatable bonds is 5. The third kappa shape index (κ3) is 4.60. The van der Waals surface area contributed by atoms with E-state index in [1.54, 1.807) is 0 Å². The fourth-order valence-corrected chi connectivity index (χ4v) is 3.74. The molecule has 148 valence electrons. The summed E-state index contributed by atoms with van der Waals surface area (Å²) in [5.41, 5.74) is 8.97. The quantitative estimate of drug-likeness (QED) is 0.838. The molecular weight excluding hydrogens is 350 g/mol. The Labute approximate surface area is 166 Å². The van der Waals surface area contributed by atoms with Gasteiger partial charge in [-0.3, -0.25) is 9.59 Å². The summed E-state index contributed by atoms with van der Waals surface area (Å²) in [5.74, 6) is -0.233. The number of benzene rings is 2. The normalized spacial score (nSPS) is 17.0. The van der Waals surface area contributed by atoms with E-state index in [1.165, 1.54) is 0 Å². The highest BCUT2D eigenvalue weighted by Gasteiger charge is 2.30. The Morgan fingerprint density at radius 2 is 1.64 bits per heavy atom. The van der Waals surface area contributed by atoms with Crippen LogP contribution in [-0.2, 0) is 4.79 Å². The van der Waals surface area contributed by atoms with Crippen molar-refractivity contribution >= 4 is 11.8 Å². The largest absolute Gasteiger partial charge is 0.349 e. The number of hydrogen-bond acceptors (Lipinski definition) is 3. The van der Waals surface area contributed by atoms with Crippen molar-refractivity contribution in [3.63, 3.8) is 0 Å². The molecule has 0 aliphatic carbocycles. The van der Waals surface area contributed by atoms with Gasteiger partial charge in [-0.1, -0.05) is 55.5 Å². The molecule has 28 heavy (non-hydrogen) atoms. The van der Waals surface area contributed by atoms with Crippen molar-refractivity contribution in [1.82, 2.24) is 10.2 Å². The molecule has 2 amide bonds. The monoisotopic (exact) mass is 379 g/mol. The maximum atomic E-state index is 12.9. The van der Waals surface area contributed by atoms with Gasteiger partial charge in [0.1, 0.15) is 0 Å². The lowest BCUT2D eigenvalue weighted by Gasteiger charge is -2.35. The highest BCUT2D eigenvalue weighted by Crippen LogP contribution is 2.23. The second kappa shape index (κ2) is 9.02. The van der Waals surface area contributed by atoms with Crippen LogP contribution < -0.4 is 11.1 Å². The molecule has 1 saturated heterocycles. The van der Waals surface area contributed by atoms with Gasteiger partial charge in [0.25, 0.3) is 5.91 Å². The van der Waals surface area contributed by atoms with Crippen LogP contribution in [0.4, 0.5) is 0 Å². The molecule has 2 unspecified atom stereocenters. The van der Waals surface area contributed by atoms with Gasteiger partial charge < -0.3 is 16.0 Å². The van der Waals surface area contributed by atoms with E-state index in [1.807, 2.05) is 73.3 Å². The fraction of sp³-hybridized carbons (Fsp3) is 0.391. The summed E-state index contributed by atoms with van der Waals surface area (Å²) in [5, 5.41) is 3.11. The third-order valence-electron chi connectivity index (χ3n) is 5.64. The number of carbonyl (C=O) groups excluding carboxylic acids is 2. The predicted molar refractivity (Wildman–Crippen MR) is 111 cm³/mol. The lowest BCUT2D eigenvalue weighted by molar-refractivity contribution is -0.136. The van der Waals surface area contributed by atoms with Crippen molar-refractivity contribution in [3.05, 3.63) is 71.3 Å². The number of aryl methyl sites for hydroxylation is 1. The number of nitrogens with one attached hydrogen (secondary N) is 1. The minimum Gasteiger partial charge on any atom is -0.349 e. The Morgan fingerprint density at radius 1 is 1.04 bits per heavy atom. The topological polar surface area (TPSA) is 75.4 Å². The van der Waals surface area contributed by atoms with E-state index in [2.05, 4.69) is 5.32 Å². The van der Waals surface area contributed by atoms with Gasteiger partial charge in [-0.25, -0.2) is 0 Å². The van der Waals surface area contributed by atoms with Crippen molar-refractivity contribution in [1.29, 1.82) is 0 Å². The van der Waals surface area contributed by atoms with Crippen LogP contribution in [0.2, 0.25) is 0 Å². The van der Waals surface area contributed by atoms with Crippen molar-refractivity contribution in [2.45, 2.75) is 38.8 Å².